The van der Waals surface area contributed by atoms with Crippen molar-refractivity contribution in [2.75, 3.05) is 0 Å². The van der Waals surface area contributed by atoms with Crippen molar-refractivity contribution in [1.82, 2.24) is 0 Å². The largest absolute Gasteiger partial charge is 0.508 e. The fraction of sp³-hybridized carbons (Fsp3) is 0.806. The Balaban J connectivity index is 1.44. The number of hydrogen-bond donors (Lipinski definition) is 1. The van der Waals surface area contributed by atoms with Crippen LogP contribution in [0.25, 0.3) is 0 Å². The van der Waals surface area contributed by atoms with Crippen LogP contribution in [0.2, 0.25) is 0 Å². The normalized spacial score (nSPS) is 46.2. The van der Waals surface area contributed by atoms with Gasteiger partial charge in [0.1, 0.15) is 5.75 Å². The predicted octanol–water partition coefficient (Wildman–Crippen LogP) is 7.93. The molecule has 8 bridgehead atoms. The minimum Gasteiger partial charge on any atom is -0.508 e. The summed E-state index contributed by atoms with van der Waals surface area (Å²) in [6.07, 6.45) is 17.3. The minimum absolute atomic E-state index is 0.00644. The topological polar surface area (TPSA) is 20.2 Å². The quantitative estimate of drug-likeness (QED) is 0.503. The van der Waals surface area contributed by atoms with Crippen LogP contribution in [0.15, 0.2) is 6.07 Å². The Morgan fingerprint density at radius 1 is 0.688 bits per heavy atom. The lowest BCUT2D eigenvalue weighted by Crippen LogP contribution is -2.51. The lowest BCUT2D eigenvalue weighted by Gasteiger charge is -2.60. The van der Waals surface area contributed by atoms with Crippen molar-refractivity contribution in [2.45, 2.75) is 121 Å². The molecule has 0 heterocycles. The van der Waals surface area contributed by atoms with Crippen molar-refractivity contribution in [3.8, 4) is 5.75 Å². The fourth-order valence-corrected chi connectivity index (χ4v) is 11.6. The zero-order chi connectivity index (χ0) is 22.0. The molecule has 9 rings (SSSR count). The van der Waals surface area contributed by atoms with E-state index < -0.39 is 0 Å². The summed E-state index contributed by atoms with van der Waals surface area (Å²) in [4.78, 5) is 0. The number of phenols is 1. The Bertz CT molecular complexity index is 889. The maximum atomic E-state index is 11.7. The van der Waals surface area contributed by atoms with Crippen LogP contribution in [-0.2, 0) is 16.2 Å². The van der Waals surface area contributed by atoms with Crippen LogP contribution >= 0.6 is 0 Å². The van der Waals surface area contributed by atoms with Gasteiger partial charge in [0, 0.05) is 5.56 Å². The van der Waals surface area contributed by atoms with Crippen molar-refractivity contribution in [3.05, 3.63) is 28.3 Å². The molecule has 0 atom stereocenters. The Morgan fingerprint density at radius 2 is 1.06 bits per heavy atom. The first-order valence-electron chi connectivity index (χ1n) is 14.0. The molecule has 1 aromatic rings. The van der Waals surface area contributed by atoms with Gasteiger partial charge in [-0.05, 0) is 158 Å². The van der Waals surface area contributed by atoms with E-state index in [-0.39, 0.29) is 5.41 Å². The number of aromatic hydroxyl groups is 1. The van der Waals surface area contributed by atoms with Gasteiger partial charge in [0.2, 0.25) is 0 Å². The highest BCUT2D eigenvalue weighted by molar-refractivity contribution is 5.58. The molecule has 1 nitrogen and oxygen atoms in total. The Labute approximate surface area is 195 Å². The Morgan fingerprint density at radius 3 is 1.44 bits per heavy atom. The molecule has 0 unspecified atom stereocenters. The summed E-state index contributed by atoms with van der Waals surface area (Å²) in [7, 11) is 0. The molecule has 1 heteroatoms. The van der Waals surface area contributed by atoms with Crippen molar-refractivity contribution in [1.29, 1.82) is 0 Å². The molecule has 8 aliphatic carbocycles. The van der Waals surface area contributed by atoms with E-state index in [1.54, 1.807) is 16.7 Å². The van der Waals surface area contributed by atoms with Crippen LogP contribution in [0.5, 0.6) is 5.75 Å². The molecule has 8 aliphatic rings. The van der Waals surface area contributed by atoms with E-state index in [2.05, 4.69) is 33.8 Å². The molecule has 1 N–H and O–H groups in total. The van der Waals surface area contributed by atoms with E-state index in [4.69, 9.17) is 0 Å². The summed E-state index contributed by atoms with van der Waals surface area (Å²) in [6.45, 7) is 9.53. The smallest absolute Gasteiger partial charge is 0.119 e. The maximum absolute atomic E-state index is 11.7. The summed E-state index contributed by atoms with van der Waals surface area (Å²) < 4.78 is 0. The highest BCUT2D eigenvalue weighted by atomic mass is 16.3. The molecular weight excluding hydrogens is 388 g/mol. The molecule has 1 aromatic carbocycles. The zero-order valence-electron chi connectivity index (χ0n) is 21.0. The average molecular weight is 433 g/mol. The van der Waals surface area contributed by atoms with Gasteiger partial charge in [-0.25, -0.2) is 0 Å². The highest BCUT2D eigenvalue weighted by Gasteiger charge is 2.56. The van der Waals surface area contributed by atoms with Crippen LogP contribution < -0.4 is 0 Å². The summed E-state index contributed by atoms with van der Waals surface area (Å²) in [5.74, 6) is 6.32. The zero-order valence-corrected chi connectivity index (χ0v) is 21.0. The number of benzene rings is 1. The van der Waals surface area contributed by atoms with Gasteiger partial charge in [-0.15, -0.1) is 0 Å². The summed E-state index contributed by atoms with van der Waals surface area (Å²) in [6, 6.07) is 2.30. The molecule has 0 radical (unpaired) electrons. The number of rotatable bonds is 2. The first-order chi connectivity index (χ1) is 15.1. The first-order valence-corrected chi connectivity index (χ1v) is 14.0. The van der Waals surface area contributed by atoms with Gasteiger partial charge in [0.25, 0.3) is 0 Å². The lowest BCUT2D eigenvalue weighted by atomic mass is 9.45. The lowest BCUT2D eigenvalue weighted by molar-refractivity contribution is -0.00963. The minimum atomic E-state index is -0.00644. The Kier molecular flexibility index (Phi) is 4.06. The molecule has 8 saturated carbocycles. The second kappa shape index (κ2) is 6.37. The third-order valence-corrected chi connectivity index (χ3v) is 11.5. The summed E-state index contributed by atoms with van der Waals surface area (Å²) in [5.41, 5.74) is 6.87. The number of hydrogen-bond acceptors (Lipinski definition) is 1. The summed E-state index contributed by atoms with van der Waals surface area (Å²) >= 11 is 0. The fourth-order valence-electron chi connectivity index (χ4n) is 11.6. The Hall–Kier alpha value is -0.980. The molecule has 0 aliphatic heterocycles. The maximum Gasteiger partial charge on any atom is 0.119 e. The summed E-state index contributed by atoms with van der Waals surface area (Å²) in [5, 5.41) is 11.7. The van der Waals surface area contributed by atoms with Gasteiger partial charge in [-0.2, -0.15) is 0 Å². The van der Waals surface area contributed by atoms with E-state index in [0.717, 1.165) is 35.5 Å². The van der Waals surface area contributed by atoms with E-state index in [1.807, 2.05) is 0 Å². The average Bonchev–Trinajstić information content (AvgIpc) is 2.66. The van der Waals surface area contributed by atoms with Gasteiger partial charge in [-0.3, -0.25) is 0 Å². The molecule has 0 spiro atoms. The van der Waals surface area contributed by atoms with Crippen molar-refractivity contribution in [2.24, 2.45) is 35.5 Å². The second-order valence-corrected chi connectivity index (χ2v) is 15.0. The predicted molar refractivity (Wildman–Crippen MR) is 131 cm³/mol. The van der Waals surface area contributed by atoms with Gasteiger partial charge in [0.15, 0.2) is 0 Å². The van der Waals surface area contributed by atoms with Crippen molar-refractivity contribution >= 4 is 0 Å². The van der Waals surface area contributed by atoms with Gasteiger partial charge in [0.05, 0.1) is 0 Å². The third kappa shape index (κ3) is 2.75. The molecule has 174 valence electrons. The molecule has 8 fully saturated rings. The van der Waals surface area contributed by atoms with Gasteiger partial charge in [-0.1, -0.05) is 20.8 Å². The van der Waals surface area contributed by atoms with Crippen LogP contribution in [0.4, 0.5) is 0 Å². The third-order valence-electron chi connectivity index (χ3n) is 11.5. The standard InChI is InChI=1S/C31H44O/c1-18-25(30-12-19-5-20(13-30)7-21(6-19)14-30)11-26(32)28(29(2,3)4)27(18)31-15-22-8-23(16-31)10-24(9-22)17-31/h11,19-24,32H,5-10,12-17H2,1-4H3. The number of phenolic OH excluding ortho intramolecular Hbond substituents is 1. The SMILES string of the molecule is Cc1c(C23CC4CC(CC(C4)C2)C3)cc(O)c(C(C)(C)C)c1C12CC3CC(CC(C3)C1)C2. The van der Waals surface area contributed by atoms with Gasteiger partial charge >= 0.3 is 0 Å². The van der Waals surface area contributed by atoms with E-state index in [1.165, 1.54) is 82.6 Å². The van der Waals surface area contributed by atoms with Crippen LogP contribution in [0.3, 0.4) is 0 Å². The molecule has 32 heavy (non-hydrogen) atoms. The molecule has 0 aromatic heterocycles. The van der Waals surface area contributed by atoms with Crippen LogP contribution in [-0.4, -0.2) is 5.11 Å². The molecule has 0 amide bonds. The molecule has 0 saturated heterocycles. The van der Waals surface area contributed by atoms with E-state index in [9.17, 15) is 5.11 Å². The highest BCUT2D eigenvalue weighted by Crippen LogP contribution is 2.65. The second-order valence-electron chi connectivity index (χ2n) is 15.0. The van der Waals surface area contributed by atoms with Crippen LogP contribution in [0.1, 0.15) is 120 Å². The van der Waals surface area contributed by atoms with Crippen LogP contribution in [0, 0.1) is 42.4 Å². The van der Waals surface area contributed by atoms with Gasteiger partial charge < -0.3 is 5.11 Å². The van der Waals surface area contributed by atoms with E-state index >= 15 is 0 Å². The van der Waals surface area contributed by atoms with E-state index in [0.29, 0.717) is 16.6 Å². The van der Waals surface area contributed by atoms with Crippen molar-refractivity contribution < 1.29 is 5.11 Å². The monoisotopic (exact) mass is 432 g/mol. The first kappa shape index (κ1) is 20.4. The van der Waals surface area contributed by atoms with Crippen molar-refractivity contribution in [3.63, 3.8) is 0 Å². The molecular formula is C31H44O.